The maximum atomic E-state index is 13.9. The van der Waals surface area contributed by atoms with Gasteiger partial charge in [-0.15, -0.1) is 0 Å². The average Bonchev–Trinajstić information content (AvgIpc) is 3.16. The largest absolute Gasteiger partial charge is 0.491 e. The predicted octanol–water partition coefficient (Wildman–Crippen LogP) is 2.48. The Labute approximate surface area is 155 Å². The van der Waals surface area contributed by atoms with Crippen molar-refractivity contribution in [2.75, 3.05) is 40.0 Å². The van der Waals surface area contributed by atoms with Crippen LogP contribution in [0.2, 0.25) is 0 Å². The van der Waals surface area contributed by atoms with Crippen molar-refractivity contribution in [1.82, 2.24) is 10.6 Å². The van der Waals surface area contributed by atoms with E-state index in [2.05, 4.69) is 15.6 Å². The minimum Gasteiger partial charge on any atom is -0.491 e. The molecular weight excluding hydrogens is 337 g/mol. The van der Waals surface area contributed by atoms with Crippen molar-refractivity contribution in [3.63, 3.8) is 0 Å². The van der Waals surface area contributed by atoms with Crippen LogP contribution in [-0.2, 0) is 16.0 Å². The summed E-state index contributed by atoms with van der Waals surface area (Å²) in [6.45, 7) is 5.74. The molecule has 0 spiro atoms. The summed E-state index contributed by atoms with van der Waals surface area (Å²) < 4.78 is 30.2. The SMILES string of the molecule is CCOc1ccc(CNC(=NC)NCCCOCC2CCCO2)cc1F. The Balaban J connectivity index is 1.60. The minimum atomic E-state index is -0.350. The van der Waals surface area contributed by atoms with E-state index >= 15 is 0 Å². The van der Waals surface area contributed by atoms with Gasteiger partial charge in [0.15, 0.2) is 17.5 Å². The topological polar surface area (TPSA) is 64.1 Å². The maximum absolute atomic E-state index is 13.9. The summed E-state index contributed by atoms with van der Waals surface area (Å²) >= 11 is 0. The van der Waals surface area contributed by atoms with Crippen molar-refractivity contribution in [2.45, 2.75) is 38.8 Å². The van der Waals surface area contributed by atoms with Crippen LogP contribution in [0.15, 0.2) is 23.2 Å². The summed E-state index contributed by atoms with van der Waals surface area (Å²) in [7, 11) is 1.71. The van der Waals surface area contributed by atoms with Gasteiger partial charge >= 0.3 is 0 Å². The van der Waals surface area contributed by atoms with Gasteiger partial charge in [-0.3, -0.25) is 4.99 Å². The van der Waals surface area contributed by atoms with Gasteiger partial charge in [-0.25, -0.2) is 4.39 Å². The summed E-state index contributed by atoms with van der Waals surface area (Å²) in [5, 5.41) is 6.39. The molecule has 1 fully saturated rings. The van der Waals surface area contributed by atoms with Crippen LogP contribution in [0.3, 0.4) is 0 Å². The van der Waals surface area contributed by atoms with Crippen molar-refractivity contribution in [3.8, 4) is 5.75 Å². The van der Waals surface area contributed by atoms with Crippen molar-refractivity contribution < 1.29 is 18.6 Å². The molecule has 1 aliphatic rings. The Bertz CT molecular complexity index is 563. The first kappa shape index (κ1) is 20.5. The standard InChI is InChI=1S/C19H30FN3O3/c1-3-25-18-8-7-15(12-17(18)20)13-23-19(21-2)22-9-5-10-24-14-16-6-4-11-26-16/h7-8,12,16H,3-6,9-11,13-14H2,1-2H3,(H2,21,22,23). The van der Waals surface area contributed by atoms with E-state index in [1.54, 1.807) is 13.1 Å². The first-order chi connectivity index (χ1) is 12.7. The molecule has 1 atom stereocenters. The highest BCUT2D eigenvalue weighted by molar-refractivity contribution is 5.79. The molecule has 0 radical (unpaired) electrons. The van der Waals surface area contributed by atoms with E-state index < -0.39 is 0 Å². The van der Waals surface area contributed by atoms with Crippen molar-refractivity contribution in [2.24, 2.45) is 4.99 Å². The fraction of sp³-hybridized carbons (Fsp3) is 0.632. The van der Waals surface area contributed by atoms with E-state index in [0.29, 0.717) is 32.3 Å². The zero-order valence-electron chi connectivity index (χ0n) is 15.7. The maximum Gasteiger partial charge on any atom is 0.191 e. The van der Waals surface area contributed by atoms with Crippen LogP contribution in [0.25, 0.3) is 0 Å². The number of nitrogens with zero attached hydrogens (tertiary/aromatic N) is 1. The van der Waals surface area contributed by atoms with Crippen LogP contribution in [0.1, 0.15) is 31.7 Å². The van der Waals surface area contributed by atoms with Gasteiger partial charge in [-0.1, -0.05) is 6.07 Å². The molecule has 0 amide bonds. The Hall–Kier alpha value is -1.86. The summed E-state index contributed by atoms with van der Waals surface area (Å²) in [6.07, 6.45) is 3.38. The third kappa shape index (κ3) is 7.17. The lowest BCUT2D eigenvalue weighted by Crippen LogP contribution is -2.37. The first-order valence-electron chi connectivity index (χ1n) is 9.28. The van der Waals surface area contributed by atoms with Gasteiger partial charge < -0.3 is 24.8 Å². The van der Waals surface area contributed by atoms with E-state index in [9.17, 15) is 4.39 Å². The molecular formula is C19H30FN3O3. The fourth-order valence-electron chi connectivity index (χ4n) is 2.70. The van der Waals surface area contributed by atoms with Gasteiger partial charge in [0, 0.05) is 33.4 Å². The highest BCUT2D eigenvalue weighted by Gasteiger charge is 2.14. The van der Waals surface area contributed by atoms with Gasteiger partial charge in [-0.05, 0) is 43.9 Å². The molecule has 6 nitrogen and oxygen atoms in total. The van der Waals surface area contributed by atoms with Crippen LogP contribution in [0.5, 0.6) is 5.75 Å². The number of guanidine groups is 1. The predicted molar refractivity (Wildman–Crippen MR) is 100 cm³/mol. The highest BCUT2D eigenvalue weighted by Crippen LogP contribution is 2.18. The molecule has 0 aliphatic carbocycles. The molecule has 1 saturated heterocycles. The summed E-state index contributed by atoms with van der Waals surface area (Å²) in [6, 6.07) is 4.97. The first-order valence-corrected chi connectivity index (χ1v) is 9.28. The number of hydrogen-bond acceptors (Lipinski definition) is 4. The molecule has 1 aromatic carbocycles. The van der Waals surface area contributed by atoms with Crippen molar-refractivity contribution >= 4 is 5.96 Å². The third-order valence-electron chi connectivity index (χ3n) is 4.07. The Morgan fingerprint density at radius 2 is 2.27 bits per heavy atom. The Kier molecular flexibility index (Phi) is 9.20. The second-order valence-corrected chi connectivity index (χ2v) is 6.11. The van der Waals surface area contributed by atoms with Crippen LogP contribution >= 0.6 is 0 Å². The van der Waals surface area contributed by atoms with E-state index in [-0.39, 0.29) is 17.7 Å². The monoisotopic (exact) mass is 367 g/mol. The molecule has 0 bridgehead atoms. The van der Waals surface area contributed by atoms with Gasteiger partial charge in [-0.2, -0.15) is 0 Å². The highest BCUT2D eigenvalue weighted by atomic mass is 19.1. The number of hydrogen-bond donors (Lipinski definition) is 2. The second-order valence-electron chi connectivity index (χ2n) is 6.11. The Morgan fingerprint density at radius 3 is 2.96 bits per heavy atom. The fourth-order valence-corrected chi connectivity index (χ4v) is 2.70. The summed E-state index contributed by atoms with van der Waals surface area (Å²) in [4.78, 5) is 4.17. The molecule has 0 saturated carbocycles. The molecule has 2 N–H and O–H groups in total. The van der Waals surface area contributed by atoms with Gasteiger partial charge in [0.2, 0.25) is 0 Å². The van der Waals surface area contributed by atoms with Crippen LogP contribution < -0.4 is 15.4 Å². The molecule has 1 heterocycles. The normalized spacial score (nSPS) is 17.3. The number of rotatable bonds is 10. The quantitative estimate of drug-likeness (QED) is 0.378. The Morgan fingerprint density at radius 1 is 1.38 bits per heavy atom. The lowest BCUT2D eigenvalue weighted by atomic mass is 10.2. The third-order valence-corrected chi connectivity index (χ3v) is 4.07. The number of benzene rings is 1. The van der Waals surface area contributed by atoms with E-state index in [4.69, 9.17) is 14.2 Å². The van der Waals surface area contributed by atoms with Crippen LogP contribution in [0, 0.1) is 5.82 Å². The van der Waals surface area contributed by atoms with Gasteiger partial charge in [0.05, 0.1) is 19.3 Å². The van der Waals surface area contributed by atoms with Gasteiger partial charge in [0.1, 0.15) is 0 Å². The van der Waals surface area contributed by atoms with E-state index in [1.807, 2.05) is 13.0 Å². The smallest absolute Gasteiger partial charge is 0.191 e. The number of ether oxygens (including phenoxy) is 3. The van der Waals surface area contributed by atoms with Crippen molar-refractivity contribution in [1.29, 1.82) is 0 Å². The molecule has 0 aromatic heterocycles. The minimum absolute atomic E-state index is 0.270. The van der Waals surface area contributed by atoms with E-state index in [1.165, 1.54) is 6.07 Å². The summed E-state index contributed by atoms with van der Waals surface area (Å²) in [5.74, 6) is 0.609. The number of nitrogens with one attached hydrogen (secondary N) is 2. The van der Waals surface area contributed by atoms with Crippen LogP contribution in [-0.4, -0.2) is 52.1 Å². The molecule has 7 heteroatoms. The van der Waals surface area contributed by atoms with Gasteiger partial charge in [0.25, 0.3) is 0 Å². The lowest BCUT2D eigenvalue weighted by molar-refractivity contribution is 0.0168. The lowest BCUT2D eigenvalue weighted by Gasteiger charge is -2.13. The molecule has 1 aromatic rings. The number of halogens is 1. The average molecular weight is 367 g/mol. The molecule has 2 rings (SSSR count). The number of aliphatic imine (C=N–C) groups is 1. The van der Waals surface area contributed by atoms with E-state index in [0.717, 1.165) is 38.0 Å². The second kappa shape index (κ2) is 11.7. The molecule has 1 aliphatic heterocycles. The summed E-state index contributed by atoms with van der Waals surface area (Å²) in [5.41, 5.74) is 0.828. The molecule has 146 valence electrons. The zero-order valence-corrected chi connectivity index (χ0v) is 15.7. The zero-order chi connectivity index (χ0) is 18.6. The molecule has 26 heavy (non-hydrogen) atoms. The van der Waals surface area contributed by atoms with Crippen molar-refractivity contribution in [3.05, 3.63) is 29.6 Å². The van der Waals surface area contributed by atoms with Crippen LogP contribution in [0.4, 0.5) is 4.39 Å². The molecule has 1 unspecified atom stereocenters.